The molecule has 12 heteroatoms. The number of aromatic amines is 1. The van der Waals surface area contributed by atoms with Crippen LogP contribution in [0.25, 0.3) is 5.65 Å². The molecule has 3 aromatic heterocycles. The smallest absolute Gasteiger partial charge is 0.310 e. The number of carboxylic acid groups (broad SMARTS) is 1. The lowest BCUT2D eigenvalue weighted by Gasteiger charge is -2.41. The van der Waals surface area contributed by atoms with Gasteiger partial charge < -0.3 is 14.7 Å². The number of hydrogen-bond acceptors (Lipinski definition) is 8. The van der Waals surface area contributed by atoms with Crippen molar-refractivity contribution in [3.63, 3.8) is 0 Å². The van der Waals surface area contributed by atoms with Gasteiger partial charge in [0, 0.05) is 19.5 Å². The third-order valence-electron chi connectivity index (χ3n) is 9.39. The van der Waals surface area contributed by atoms with Crippen LogP contribution in [0.5, 0.6) is 0 Å². The summed E-state index contributed by atoms with van der Waals surface area (Å²) < 4.78 is 8.15. The maximum atomic E-state index is 12.4. The number of rotatable bonds is 7. The highest BCUT2D eigenvalue weighted by molar-refractivity contribution is 5.94. The number of benzene rings is 1. The fourth-order valence-corrected chi connectivity index (χ4v) is 6.75. The number of nitrogens with zero attached hydrogens (tertiary/aromatic N) is 6. The average molecular weight is 585 g/mol. The Labute approximate surface area is 248 Å². The number of ether oxygens (including phenoxy) is 1. The largest absolute Gasteiger partial charge is 0.481 e. The lowest BCUT2D eigenvalue weighted by atomic mass is 9.63. The summed E-state index contributed by atoms with van der Waals surface area (Å²) in [6.07, 6.45) is 5.01. The second-order valence-electron chi connectivity index (χ2n) is 12.6. The van der Waals surface area contributed by atoms with E-state index in [4.69, 9.17) is 14.8 Å². The Balaban J connectivity index is 0.000000449. The first-order chi connectivity index (χ1) is 20.8. The number of carbonyl (C=O) groups excluding carboxylic acids is 1. The number of aryl methyl sites for hydroxylation is 1. The van der Waals surface area contributed by atoms with Crippen LogP contribution in [0.1, 0.15) is 62.2 Å². The zero-order valence-corrected chi connectivity index (χ0v) is 24.4. The van der Waals surface area contributed by atoms with Gasteiger partial charge in [-0.05, 0) is 56.1 Å². The highest BCUT2D eigenvalue weighted by Crippen LogP contribution is 2.63. The lowest BCUT2D eigenvalue weighted by Crippen LogP contribution is -2.44. The van der Waals surface area contributed by atoms with E-state index in [1.165, 1.54) is 6.42 Å². The van der Waals surface area contributed by atoms with E-state index < -0.39 is 22.9 Å². The number of anilines is 2. The van der Waals surface area contributed by atoms with Crippen molar-refractivity contribution in [3.05, 3.63) is 65.9 Å². The van der Waals surface area contributed by atoms with E-state index >= 15 is 0 Å². The Bertz CT molecular complexity index is 1630. The first-order valence-corrected chi connectivity index (χ1v) is 15.0. The third-order valence-corrected chi connectivity index (χ3v) is 9.39. The molecule has 4 unspecified atom stereocenters. The highest BCUT2D eigenvalue weighted by atomic mass is 16.5. The molecule has 3 saturated heterocycles. The van der Waals surface area contributed by atoms with E-state index in [1.807, 2.05) is 40.9 Å². The van der Waals surface area contributed by atoms with Gasteiger partial charge in [0.2, 0.25) is 11.9 Å². The molecule has 0 spiro atoms. The molecule has 12 nitrogen and oxygen atoms in total. The van der Waals surface area contributed by atoms with Gasteiger partial charge in [-0.1, -0.05) is 43.3 Å². The van der Waals surface area contributed by atoms with Gasteiger partial charge >= 0.3 is 5.97 Å². The minimum Gasteiger partial charge on any atom is -0.481 e. The van der Waals surface area contributed by atoms with Crippen molar-refractivity contribution in [1.82, 2.24) is 29.8 Å². The van der Waals surface area contributed by atoms with E-state index in [9.17, 15) is 14.7 Å². The molecular weight excluding hydrogens is 548 g/mol. The summed E-state index contributed by atoms with van der Waals surface area (Å²) in [5.41, 5.74) is 1.42. The molecule has 4 atom stereocenters. The van der Waals surface area contributed by atoms with E-state index in [2.05, 4.69) is 51.5 Å². The maximum absolute atomic E-state index is 12.4. The fourth-order valence-electron chi connectivity index (χ4n) is 6.75. The van der Waals surface area contributed by atoms with Crippen molar-refractivity contribution >= 4 is 29.2 Å². The van der Waals surface area contributed by atoms with Crippen LogP contribution in [0.2, 0.25) is 0 Å². The predicted octanol–water partition coefficient (Wildman–Crippen LogP) is 3.91. The van der Waals surface area contributed by atoms with Crippen molar-refractivity contribution in [2.45, 2.75) is 57.5 Å². The Morgan fingerprint density at radius 1 is 1.16 bits per heavy atom. The number of hydrogen-bond donors (Lipinski definition) is 3. The third kappa shape index (κ3) is 4.93. The first-order valence-electron chi connectivity index (χ1n) is 15.0. The number of aromatic nitrogens is 6. The van der Waals surface area contributed by atoms with Gasteiger partial charge in [-0.2, -0.15) is 4.98 Å². The molecule has 4 aromatic rings. The highest BCUT2D eigenvalue weighted by Gasteiger charge is 2.66. The molecular formula is C31H36N8O4. The van der Waals surface area contributed by atoms with Gasteiger partial charge in [0.25, 0.3) is 0 Å². The number of fused-ring (bicyclic) bond motifs is 2. The molecule has 5 aliphatic rings. The monoisotopic (exact) mass is 584 g/mol. The zero-order chi connectivity index (χ0) is 29.8. The van der Waals surface area contributed by atoms with Crippen LogP contribution in [-0.2, 0) is 19.9 Å². The zero-order valence-electron chi connectivity index (χ0n) is 24.4. The summed E-state index contributed by atoms with van der Waals surface area (Å²) in [5.74, 6) is 0.916. The Kier molecular flexibility index (Phi) is 6.68. The van der Waals surface area contributed by atoms with Gasteiger partial charge in [0.1, 0.15) is 11.4 Å². The molecule has 0 radical (unpaired) electrons. The summed E-state index contributed by atoms with van der Waals surface area (Å²) >= 11 is 0. The molecule has 3 aliphatic heterocycles. The van der Waals surface area contributed by atoms with Crippen LogP contribution in [0, 0.1) is 24.2 Å². The second kappa shape index (κ2) is 10.4. The van der Waals surface area contributed by atoms with Crippen molar-refractivity contribution in [1.29, 1.82) is 0 Å². The minimum absolute atomic E-state index is 0.0752. The molecule has 5 fully saturated rings. The Hall–Kier alpha value is -4.32. The molecule has 2 saturated carbocycles. The van der Waals surface area contributed by atoms with Gasteiger partial charge in [-0.3, -0.25) is 20.0 Å². The quantitative estimate of drug-likeness (QED) is 0.294. The summed E-state index contributed by atoms with van der Waals surface area (Å²) in [7, 11) is 0. The maximum Gasteiger partial charge on any atom is 0.310 e. The molecule has 43 heavy (non-hydrogen) atoms. The Morgan fingerprint density at radius 2 is 1.91 bits per heavy atom. The topological polar surface area (TPSA) is 151 Å². The van der Waals surface area contributed by atoms with E-state index in [1.54, 1.807) is 0 Å². The number of carboxylic acids is 1. The normalized spacial score (nSPS) is 26.5. The average Bonchev–Trinajstić information content (AvgIpc) is 3.55. The number of H-pyrrole nitrogens is 1. The van der Waals surface area contributed by atoms with Crippen molar-refractivity contribution in [3.8, 4) is 0 Å². The molecule has 2 bridgehead atoms. The van der Waals surface area contributed by atoms with Crippen molar-refractivity contribution in [2.24, 2.45) is 17.3 Å². The number of aliphatic carboxylic acids is 1. The molecule has 3 N–H and O–H groups in total. The van der Waals surface area contributed by atoms with Crippen LogP contribution in [0.15, 0.2) is 48.7 Å². The summed E-state index contributed by atoms with van der Waals surface area (Å²) in [6, 6.07) is 14.2. The fraction of sp³-hybridized carbons (Fsp3) is 0.484. The minimum atomic E-state index is -0.936. The second-order valence-corrected chi connectivity index (χ2v) is 12.6. The van der Waals surface area contributed by atoms with Gasteiger partial charge in [0.15, 0.2) is 11.5 Å². The lowest BCUT2D eigenvalue weighted by molar-refractivity contribution is -0.145. The van der Waals surface area contributed by atoms with Crippen LogP contribution < -0.4 is 10.2 Å². The van der Waals surface area contributed by atoms with Crippen LogP contribution in [-0.4, -0.2) is 66.5 Å². The Morgan fingerprint density at radius 3 is 2.53 bits per heavy atom. The summed E-state index contributed by atoms with van der Waals surface area (Å²) in [6.45, 7) is 7.02. The van der Waals surface area contributed by atoms with Gasteiger partial charge in [0.05, 0.1) is 29.8 Å². The summed E-state index contributed by atoms with van der Waals surface area (Å²) in [4.78, 5) is 35.6. The van der Waals surface area contributed by atoms with Crippen LogP contribution >= 0.6 is 0 Å². The number of nitrogens with one attached hydrogen (secondary N) is 2. The number of amides is 1. The molecule has 1 aromatic carbocycles. The number of carbonyl (C=O) groups is 2. The molecule has 1 amide bonds. The van der Waals surface area contributed by atoms with Crippen LogP contribution in [0.3, 0.4) is 0 Å². The van der Waals surface area contributed by atoms with Gasteiger partial charge in [-0.25, -0.2) is 9.50 Å². The number of pyridine rings is 1. The SMILES string of the molecule is Cc1cc(N2CCC(C)C2)cn2nc(C34CC(CO3)C4c3nc(NC(=O)CC4(C(=O)O)CC4)n[nH]3)nc12.c1ccccc1. The van der Waals surface area contributed by atoms with Crippen LogP contribution in [0.4, 0.5) is 11.6 Å². The van der Waals surface area contributed by atoms with Gasteiger partial charge in [-0.15, -0.1) is 10.2 Å². The standard InChI is InChI=1S/C25H30N8O4.C6H6/c1-13-3-6-32(10-13)16-7-14(2)20-28-21(31-33(20)11-16)25-8-15(12-37-25)18(25)19-27-23(30-29-19)26-17(34)9-24(4-5-24)22(35)36;1-2-4-6-5-3-1/h7,11,13,15,18H,3-6,8-10,12H2,1-2H3,(H,35,36)(H2,26,27,29,30,34);1-6H. The predicted molar refractivity (Wildman–Crippen MR) is 158 cm³/mol. The van der Waals surface area contributed by atoms with E-state index in [-0.39, 0.29) is 24.2 Å². The summed E-state index contributed by atoms with van der Waals surface area (Å²) in [5, 5.41) is 24.0. The molecule has 9 rings (SSSR count). The van der Waals surface area contributed by atoms with Crippen molar-refractivity contribution < 1.29 is 19.4 Å². The van der Waals surface area contributed by atoms with Crippen molar-refractivity contribution in [2.75, 3.05) is 29.9 Å². The van der Waals surface area contributed by atoms with E-state index in [0.717, 1.165) is 36.4 Å². The molecule has 6 heterocycles. The molecule has 2 aliphatic carbocycles. The molecule has 224 valence electrons. The van der Waals surface area contributed by atoms with E-state index in [0.29, 0.717) is 37.0 Å². The first kappa shape index (κ1) is 27.5.